The Morgan fingerprint density at radius 1 is 1.12 bits per heavy atom. The van der Waals surface area contributed by atoms with Gasteiger partial charge in [0.2, 0.25) is 0 Å². The second kappa shape index (κ2) is 7.84. The van der Waals surface area contributed by atoms with Crippen molar-refractivity contribution in [2.75, 3.05) is 53.9 Å². The van der Waals surface area contributed by atoms with Gasteiger partial charge < -0.3 is 19.3 Å². The van der Waals surface area contributed by atoms with E-state index in [1.54, 1.807) is 7.11 Å². The minimum Gasteiger partial charge on any atom is -0.497 e. The number of nitrogens with zero attached hydrogens (tertiary/aromatic N) is 3. The van der Waals surface area contributed by atoms with Crippen LogP contribution in [0.5, 0.6) is 11.5 Å². The fraction of sp³-hybridized carbons (Fsp3) is 0.650. The molecule has 2 saturated heterocycles. The molecular weight excluding hydrogens is 330 g/mol. The van der Waals surface area contributed by atoms with Crippen LogP contribution in [0.2, 0.25) is 0 Å². The maximum absolute atomic E-state index is 12.8. The van der Waals surface area contributed by atoms with Gasteiger partial charge in [-0.1, -0.05) is 6.07 Å². The predicted molar refractivity (Wildman–Crippen MR) is 102 cm³/mol. The first-order valence-electron chi connectivity index (χ1n) is 9.43. The van der Waals surface area contributed by atoms with Gasteiger partial charge in [0.15, 0.2) is 6.10 Å². The van der Waals surface area contributed by atoms with Crippen molar-refractivity contribution in [1.29, 1.82) is 0 Å². The maximum Gasteiger partial charge on any atom is 0.263 e. The highest BCUT2D eigenvalue weighted by molar-refractivity contribution is 5.81. The lowest BCUT2D eigenvalue weighted by atomic mass is 9.83. The summed E-state index contributed by atoms with van der Waals surface area (Å²) in [6.45, 7) is 6.71. The van der Waals surface area contributed by atoms with E-state index in [0.29, 0.717) is 5.75 Å². The van der Waals surface area contributed by atoms with E-state index < -0.39 is 6.10 Å². The standard InChI is InChI=1S/C20H31N3O3/c1-16(26-18-7-5-6-17(14-18)25-4)19(24)23-10-8-20(9-11-23)15-21(2)12-13-22(20)3/h5-7,14,16H,8-13,15H2,1-4H3/t16-/m0/s1. The first kappa shape index (κ1) is 19.0. The number of hydrogen-bond donors (Lipinski definition) is 0. The van der Waals surface area contributed by atoms with Gasteiger partial charge in [-0.05, 0) is 46.0 Å². The van der Waals surface area contributed by atoms with Gasteiger partial charge in [0, 0.05) is 44.3 Å². The van der Waals surface area contributed by atoms with Crippen molar-refractivity contribution in [3.63, 3.8) is 0 Å². The first-order chi connectivity index (χ1) is 12.4. The summed E-state index contributed by atoms with van der Waals surface area (Å²) in [4.78, 5) is 19.7. The van der Waals surface area contributed by atoms with E-state index in [-0.39, 0.29) is 11.4 Å². The summed E-state index contributed by atoms with van der Waals surface area (Å²) in [6.07, 6.45) is 1.54. The number of hydrogen-bond acceptors (Lipinski definition) is 5. The van der Waals surface area contributed by atoms with Gasteiger partial charge >= 0.3 is 0 Å². The van der Waals surface area contributed by atoms with Crippen molar-refractivity contribution in [2.24, 2.45) is 0 Å². The predicted octanol–water partition coefficient (Wildman–Crippen LogP) is 1.70. The number of carbonyl (C=O) groups excluding carboxylic acids is 1. The smallest absolute Gasteiger partial charge is 0.263 e. The van der Waals surface area contributed by atoms with E-state index in [1.165, 1.54) is 0 Å². The zero-order valence-corrected chi connectivity index (χ0v) is 16.4. The van der Waals surface area contributed by atoms with Crippen LogP contribution in [0.1, 0.15) is 19.8 Å². The number of likely N-dealkylation sites (tertiary alicyclic amines) is 1. The number of piperidine rings is 1. The molecule has 2 fully saturated rings. The molecule has 2 aliphatic heterocycles. The highest BCUT2D eigenvalue weighted by Gasteiger charge is 2.42. The van der Waals surface area contributed by atoms with Gasteiger partial charge in [-0.15, -0.1) is 0 Å². The highest BCUT2D eigenvalue weighted by atomic mass is 16.5. The third kappa shape index (κ3) is 3.96. The Balaban J connectivity index is 1.57. The van der Waals surface area contributed by atoms with Crippen LogP contribution >= 0.6 is 0 Å². The molecule has 1 aromatic carbocycles. The molecule has 0 saturated carbocycles. The monoisotopic (exact) mass is 361 g/mol. The number of piperazine rings is 1. The van der Waals surface area contributed by atoms with Crippen LogP contribution in [-0.2, 0) is 4.79 Å². The number of methoxy groups -OCH3 is 1. The zero-order valence-electron chi connectivity index (χ0n) is 16.4. The summed E-state index contributed by atoms with van der Waals surface area (Å²) in [5.41, 5.74) is 0.209. The SMILES string of the molecule is COc1cccc(O[C@@H](C)C(=O)N2CCC3(CC2)CN(C)CCN3C)c1. The molecule has 0 bridgehead atoms. The third-order valence-electron chi connectivity index (χ3n) is 5.90. The van der Waals surface area contributed by atoms with Crippen LogP contribution in [0.3, 0.4) is 0 Å². The minimum atomic E-state index is -0.497. The molecular formula is C20H31N3O3. The van der Waals surface area contributed by atoms with E-state index >= 15 is 0 Å². The molecule has 0 N–H and O–H groups in total. The van der Waals surface area contributed by atoms with E-state index in [9.17, 15) is 4.79 Å². The Bertz CT molecular complexity index is 628. The maximum atomic E-state index is 12.8. The Morgan fingerprint density at radius 3 is 2.50 bits per heavy atom. The van der Waals surface area contributed by atoms with Gasteiger partial charge in [0.25, 0.3) is 5.91 Å². The molecule has 0 aromatic heterocycles. The molecule has 2 aliphatic rings. The topological polar surface area (TPSA) is 45.3 Å². The van der Waals surface area contributed by atoms with Crippen LogP contribution in [0, 0.1) is 0 Å². The average molecular weight is 361 g/mol. The second-order valence-corrected chi connectivity index (χ2v) is 7.65. The lowest BCUT2D eigenvalue weighted by Crippen LogP contribution is -2.64. The summed E-state index contributed by atoms with van der Waals surface area (Å²) in [5.74, 6) is 1.45. The quantitative estimate of drug-likeness (QED) is 0.817. The second-order valence-electron chi connectivity index (χ2n) is 7.65. The van der Waals surface area contributed by atoms with Crippen LogP contribution < -0.4 is 9.47 Å². The van der Waals surface area contributed by atoms with Gasteiger partial charge in [0.05, 0.1) is 7.11 Å². The Hall–Kier alpha value is -1.79. The van der Waals surface area contributed by atoms with E-state index in [4.69, 9.17) is 9.47 Å². The fourth-order valence-electron chi connectivity index (χ4n) is 4.13. The van der Waals surface area contributed by atoms with Crippen molar-refractivity contribution in [3.8, 4) is 11.5 Å². The Labute approximate surface area is 156 Å². The summed E-state index contributed by atoms with van der Waals surface area (Å²) >= 11 is 0. The molecule has 0 aliphatic carbocycles. The summed E-state index contributed by atoms with van der Waals surface area (Å²) in [6, 6.07) is 7.39. The third-order valence-corrected chi connectivity index (χ3v) is 5.90. The fourth-order valence-corrected chi connectivity index (χ4v) is 4.13. The van der Waals surface area contributed by atoms with E-state index in [0.717, 1.165) is 51.3 Å². The number of ether oxygens (including phenoxy) is 2. The summed E-state index contributed by atoms with van der Waals surface area (Å²) in [5, 5.41) is 0. The normalized spacial score (nSPS) is 22.2. The van der Waals surface area contributed by atoms with Crippen molar-refractivity contribution >= 4 is 5.91 Å². The van der Waals surface area contributed by atoms with Crippen LogP contribution in [-0.4, -0.2) is 86.2 Å². The molecule has 2 heterocycles. The summed E-state index contributed by atoms with van der Waals surface area (Å²) in [7, 11) is 6.03. The Kier molecular flexibility index (Phi) is 5.73. The molecule has 3 rings (SSSR count). The molecule has 1 spiro atoms. The molecule has 0 unspecified atom stereocenters. The number of benzene rings is 1. The van der Waals surface area contributed by atoms with E-state index in [1.807, 2.05) is 36.1 Å². The largest absolute Gasteiger partial charge is 0.497 e. The number of rotatable bonds is 4. The van der Waals surface area contributed by atoms with Crippen molar-refractivity contribution in [3.05, 3.63) is 24.3 Å². The molecule has 144 valence electrons. The lowest BCUT2D eigenvalue weighted by Gasteiger charge is -2.52. The average Bonchev–Trinajstić information content (AvgIpc) is 2.65. The van der Waals surface area contributed by atoms with Crippen molar-refractivity contribution < 1.29 is 14.3 Å². The van der Waals surface area contributed by atoms with Gasteiger partial charge in [-0.3, -0.25) is 9.69 Å². The van der Waals surface area contributed by atoms with Crippen LogP contribution in [0.25, 0.3) is 0 Å². The number of carbonyl (C=O) groups is 1. The molecule has 1 amide bonds. The zero-order chi connectivity index (χ0) is 18.7. The van der Waals surface area contributed by atoms with Gasteiger partial charge in [-0.25, -0.2) is 0 Å². The van der Waals surface area contributed by atoms with Crippen LogP contribution in [0.4, 0.5) is 0 Å². The van der Waals surface area contributed by atoms with Crippen molar-refractivity contribution in [2.45, 2.75) is 31.4 Å². The molecule has 6 nitrogen and oxygen atoms in total. The number of amides is 1. The van der Waals surface area contributed by atoms with Crippen molar-refractivity contribution in [1.82, 2.24) is 14.7 Å². The molecule has 0 radical (unpaired) electrons. The minimum absolute atomic E-state index is 0.0643. The van der Waals surface area contributed by atoms with Crippen LogP contribution in [0.15, 0.2) is 24.3 Å². The Morgan fingerprint density at radius 2 is 1.81 bits per heavy atom. The molecule has 6 heteroatoms. The molecule has 1 aromatic rings. The number of likely N-dealkylation sites (N-methyl/N-ethyl adjacent to an activating group) is 2. The van der Waals surface area contributed by atoms with E-state index in [2.05, 4.69) is 23.9 Å². The first-order valence-corrected chi connectivity index (χ1v) is 9.43. The molecule has 1 atom stereocenters. The highest BCUT2D eigenvalue weighted by Crippen LogP contribution is 2.31. The van der Waals surface area contributed by atoms with Gasteiger partial charge in [0.1, 0.15) is 11.5 Å². The van der Waals surface area contributed by atoms with Gasteiger partial charge in [-0.2, -0.15) is 0 Å². The summed E-state index contributed by atoms with van der Waals surface area (Å²) < 4.78 is 11.1. The lowest BCUT2D eigenvalue weighted by molar-refractivity contribution is -0.141. The molecule has 26 heavy (non-hydrogen) atoms.